The van der Waals surface area contributed by atoms with Crippen molar-refractivity contribution in [2.24, 2.45) is 0 Å². The van der Waals surface area contributed by atoms with Crippen LogP contribution in [0.5, 0.6) is 5.88 Å². The van der Waals surface area contributed by atoms with E-state index in [-0.39, 0.29) is 12.0 Å². The second-order valence-corrected chi connectivity index (χ2v) is 8.52. The van der Waals surface area contributed by atoms with E-state index >= 15 is 0 Å². The molecular formula is C23H19F6N9O. The monoisotopic (exact) mass is 551 g/mol. The largest absolute Gasteiger partial charge is 0.574 e. The third-order valence-corrected chi connectivity index (χ3v) is 5.73. The second kappa shape index (κ2) is 9.59. The number of hydrogen-bond donors (Lipinski definition) is 1. The fraction of sp³-hybridized carbons (Fsp3) is 0.261. The number of pyridine rings is 2. The third kappa shape index (κ3) is 5.78. The molecular weight excluding hydrogens is 532 g/mol. The molecule has 0 spiro atoms. The van der Waals surface area contributed by atoms with Crippen LogP contribution in [0, 0.1) is 0 Å². The molecule has 39 heavy (non-hydrogen) atoms. The average Bonchev–Trinajstić information content (AvgIpc) is 3.57. The zero-order chi connectivity index (χ0) is 27.9. The minimum Gasteiger partial charge on any atom is -0.388 e. The van der Waals surface area contributed by atoms with Gasteiger partial charge in [-0.1, -0.05) is 6.92 Å². The number of fused-ring (bicyclic) bond motifs is 1. The summed E-state index contributed by atoms with van der Waals surface area (Å²) in [6.07, 6.45) is -1.59. The number of rotatable bonds is 7. The molecule has 5 heterocycles. The van der Waals surface area contributed by atoms with Crippen LogP contribution in [0.3, 0.4) is 0 Å². The van der Waals surface area contributed by atoms with E-state index in [2.05, 4.69) is 30.0 Å². The number of hydrogen-bond acceptors (Lipinski definition) is 7. The molecule has 0 amide bonds. The first-order chi connectivity index (χ1) is 18.4. The maximum atomic E-state index is 12.8. The Morgan fingerprint density at radius 3 is 2.38 bits per heavy atom. The zero-order valence-electron chi connectivity index (χ0n) is 20.0. The van der Waals surface area contributed by atoms with Crippen LogP contribution in [0.4, 0.5) is 32.3 Å². The summed E-state index contributed by atoms with van der Waals surface area (Å²) in [5.74, 6) is -0.600. The first-order valence-corrected chi connectivity index (χ1v) is 11.4. The molecule has 0 fully saturated rings. The normalized spacial score (nSPS) is 13.2. The molecule has 5 rings (SSSR count). The summed E-state index contributed by atoms with van der Waals surface area (Å²) in [6.45, 7) is 0.632. The Kier molecular flexibility index (Phi) is 6.40. The molecule has 0 saturated carbocycles. The van der Waals surface area contributed by atoms with Gasteiger partial charge in [-0.05, 0) is 35.7 Å². The Bertz CT molecular complexity index is 1600. The van der Waals surface area contributed by atoms with Gasteiger partial charge in [-0.25, -0.2) is 9.50 Å². The minimum atomic E-state index is -4.85. The van der Waals surface area contributed by atoms with Crippen molar-refractivity contribution in [1.29, 1.82) is 0 Å². The molecule has 0 aliphatic rings. The summed E-state index contributed by atoms with van der Waals surface area (Å²) >= 11 is 0. The van der Waals surface area contributed by atoms with E-state index in [0.29, 0.717) is 40.0 Å². The Labute approximate surface area is 215 Å². The molecule has 1 unspecified atom stereocenters. The topological polar surface area (TPSA) is 114 Å². The Balaban J connectivity index is 1.48. The molecule has 204 valence electrons. The van der Waals surface area contributed by atoms with E-state index in [1.807, 2.05) is 6.92 Å². The zero-order valence-corrected chi connectivity index (χ0v) is 20.0. The van der Waals surface area contributed by atoms with E-state index in [0.717, 1.165) is 10.7 Å². The summed E-state index contributed by atoms with van der Waals surface area (Å²) < 4.78 is 83.5. The van der Waals surface area contributed by atoms with E-state index in [9.17, 15) is 26.3 Å². The molecule has 0 aromatic carbocycles. The van der Waals surface area contributed by atoms with Gasteiger partial charge in [0.1, 0.15) is 6.54 Å². The van der Waals surface area contributed by atoms with Gasteiger partial charge in [0.15, 0.2) is 5.65 Å². The fourth-order valence-electron chi connectivity index (χ4n) is 4.14. The van der Waals surface area contributed by atoms with E-state index < -0.39 is 25.0 Å². The van der Waals surface area contributed by atoms with Crippen molar-refractivity contribution in [3.8, 4) is 28.3 Å². The molecule has 16 heteroatoms. The van der Waals surface area contributed by atoms with Crippen LogP contribution in [0.25, 0.3) is 28.0 Å². The number of anilines is 1. The van der Waals surface area contributed by atoms with Gasteiger partial charge in [-0.2, -0.15) is 28.4 Å². The summed E-state index contributed by atoms with van der Waals surface area (Å²) in [4.78, 5) is 7.92. The summed E-state index contributed by atoms with van der Waals surface area (Å²) in [6, 6.07) is 5.65. The van der Waals surface area contributed by atoms with Gasteiger partial charge in [0, 0.05) is 35.8 Å². The number of alkyl halides is 6. The molecule has 0 aliphatic heterocycles. The highest BCUT2D eigenvalue weighted by Crippen LogP contribution is 2.31. The predicted molar refractivity (Wildman–Crippen MR) is 125 cm³/mol. The van der Waals surface area contributed by atoms with Crippen molar-refractivity contribution in [3.63, 3.8) is 0 Å². The van der Waals surface area contributed by atoms with Crippen LogP contribution < -0.4 is 10.5 Å². The van der Waals surface area contributed by atoms with Gasteiger partial charge in [-0.3, -0.25) is 9.36 Å². The maximum Gasteiger partial charge on any atom is 0.574 e. The number of aromatic nitrogens is 8. The van der Waals surface area contributed by atoms with Crippen LogP contribution in [0.2, 0.25) is 0 Å². The lowest BCUT2D eigenvalue weighted by atomic mass is 10.1. The van der Waals surface area contributed by atoms with Gasteiger partial charge in [0.25, 0.3) is 0 Å². The number of ether oxygens (including phenoxy) is 1. The molecule has 0 saturated heterocycles. The fourth-order valence-corrected chi connectivity index (χ4v) is 4.14. The summed E-state index contributed by atoms with van der Waals surface area (Å²) in [5, 5.41) is 12.4. The number of nitrogens with zero attached hydrogens (tertiary/aromatic N) is 8. The van der Waals surface area contributed by atoms with Crippen molar-refractivity contribution in [2.45, 2.75) is 38.5 Å². The standard InChI is InChI=1S/C23H19F6N9O/c1-2-17(13-3-4-20(31-7-13)39-23(27,28)29)37-11-15(8-33-37)14-5-18(38-19(6-14)34-21(30)35-38)16-9-32-36(10-16)12-22(24,25)26/h3-11,17H,2,12H2,1H3,(H2,30,35). The molecule has 5 aromatic rings. The second-order valence-electron chi connectivity index (χ2n) is 8.52. The lowest BCUT2D eigenvalue weighted by Gasteiger charge is -2.16. The van der Waals surface area contributed by atoms with Crippen molar-refractivity contribution in [2.75, 3.05) is 5.73 Å². The first kappa shape index (κ1) is 26.0. The van der Waals surface area contributed by atoms with Crippen LogP contribution in [-0.4, -0.2) is 51.7 Å². The van der Waals surface area contributed by atoms with Crippen molar-refractivity contribution in [1.82, 2.24) is 39.1 Å². The minimum absolute atomic E-state index is 0.0247. The summed E-state index contributed by atoms with van der Waals surface area (Å²) in [7, 11) is 0. The van der Waals surface area contributed by atoms with Gasteiger partial charge in [0.05, 0.1) is 24.1 Å². The van der Waals surface area contributed by atoms with Crippen molar-refractivity contribution in [3.05, 3.63) is 60.8 Å². The van der Waals surface area contributed by atoms with E-state index in [1.165, 1.54) is 29.2 Å². The Morgan fingerprint density at radius 2 is 1.72 bits per heavy atom. The first-order valence-electron chi connectivity index (χ1n) is 11.4. The molecule has 2 N–H and O–H groups in total. The highest BCUT2D eigenvalue weighted by Gasteiger charge is 2.32. The van der Waals surface area contributed by atoms with Gasteiger partial charge < -0.3 is 10.5 Å². The van der Waals surface area contributed by atoms with E-state index in [4.69, 9.17) is 5.73 Å². The van der Waals surface area contributed by atoms with Crippen molar-refractivity contribution >= 4 is 11.6 Å². The van der Waals surface area contributed by atoms with Crippen molar-refractivity contribution < 1.29 is 31.1 Å². The highest BCUT2D eigenvalue weighted by molar-refractivity contribution is 5.74. The highest BCUT2D eigenvalue weighted by atomic mass is 19.4. The van der Waals surface area contributed by atoms with Gasteiger partial charge >= 0.3 is 12.5 Å². The van der Waals surface area contributed by atoms with Gasteiger partial charge in [-0.15, -0.1) is 18.3 Å². The molecule has 0 aliphatic carbocycles. The average molecular weight is 551 g/mol. The molecule has 1 atom stereocenters. The Morgan fingerprint density at radius 1 is 0.949 bits per heavy atom. The van der Waals surface area contributed by atoms with Crippen LogP contribution in [0.1, 0.15) is 24.9 Å². The third-order valence-electron chi connectivity index (χ3n) is 5.73. The molecule has 0 bridgehead atoms. The van der Waals surface area contributed by atoms with Gasteiger partial charge in [0.2, 0.25) is 11.8 Å². The predicted octanol–water partition coefficient (Wildman–Crippen LogP) is 4.89. The molecule has 0 radical (unpaired) electrons. The number of nitrogen functional groups attached to an aromatic ring is 1. The lowest BCUT2D eigenvalue weighted by Crippen LogP contribution is -2.18. The summed E-state index contributed by atoms with van der Waals surface area (Å²) in [5.41, 5.74) is 8.79. The maximum absolute atomic E-state index is 12.8. The number of nitrogens with two attached hydrogens (primary N) is 1. The van der Waals surface area contributed by atoms with Crippen LogP contribution in [-0.2, 0) is 6.54 Å². The van der Waals surface area contributed by atoms with Crippen LogP contribution in [0.15, 0.2) is 55.2 Å². The Hall–Kier alpha value is -4.63. The smallest absolute Gasteiger partial charge is 0.388 e. The quantitative estimate of drug-likeness (QED) is 0.287. The molecule has 5 aromatic heterocycles. The SMILES string of the molecule is CCC(c1ccc(OC(F)(F)F)nc1)n1cc(-c2cc(-c3cnn(CC(F)(F)F)c3)n3nc(N)nc3c2)cn1. The molecule has 10 nitrogen and oxygen atoms in total. The van der Waals surface area contributed by atoms with Crippen LogP contribution >= 0.6 is 0 Å². The van der Waals surface area contributed by atoms with E-state index in [1.54, 1.807) is 29.2 Å². The lowest BCUT2D eigenvalue weighted by molar-refractivity contribution is -0.276. The number of halogens is 6.